The summed E-state index contributed by atoms with van der Waals surface area (Å²) in [6.07, 6.45) is 1.54. The highest BCUT2D eigenvalue weighted by molar-refractivity contribution is 7.89. The van der Waals surface area contributed by atoms with Crippen LogP contribution in [-0.4, -0.2) is 36.4 Å². The van der Waals surface area contributed by atoms with Crippen molar-refractivity contribution < 1.29 is 8.42 Å². The molecule has 0 N–H and O–H groups in total. The van der Waals surface area contributed by atoms with E-state index in [1.807, 2.05) is 48.9 Å². The smallest absolute Gasteiger partial charge is 0.261 e. The number of hydrogen-bond acceptors (Lipinski definition) is 3. The molecule has 2 rings (SSSR count). The van der Waals surface area contributed by atoms with Crippen molar-refractivity contribution in [3.05, 3.63) is 36.0 Å². The van der Waals surface area contributed by atoms with Crippen LogP contribution in [0.3, 0.4) is 0 Å². The largest absolute Gasteiger partial charge is 0.330 e. The molecule has 0 saturated heterocycles. The monoisotopic (exact) mass is 307 g/mol. The number of sulfonamides is 1. The van der Waals surface area contributed by atoms with Gasteiger partial charge in [-0.2, -0.15) is 0 Å². The maximum atomic E-state index is 12.5. The van der Waals surface area contributed by atoms with Crippen molar-refractivity contribution in [2.45, 2.75) is 24.8 Å². The third-order valence-electron chi connectivity index (χ3n) is 3.42. The lowest BCUT2D eigenvalue weighted by Crippen LogP contribution is -2.24. The lowest BCUT2D eigenvalue weighted by Gasteiger charge is -2.11. The van der Waals surface area contributed by atoms with Crippen LogP contribution in [0.2, 0.25) is 0 Å². The van der Waals surface area contributed by atoms with Gasteiger partial charge in [-0.05, 0) is 6.42 Å². The van der Waals surface area contributed by atoms with Crippen LogP contribution in [0.15, 0.2) is 35.4 Å². The van der Waals surface area contributed by atoms with E-state index < -0.39 is 10.0 Å². The maximum absolute atomic E-state index is 12.5. The third-order valence-corrected chi connectivity index (χ3v) is 5.20. The molecule has 2 aromatic rings. The van der Waals surface area contributed by atoms with Crippen LogP contribution in [0.4, 0.5) is 0 Å². The molecule has 6 heteroatoms. The molecule has 0 aliphatic carbocycles. The summed E-state index contributed by atoms with van der Waals surface area (Å²) < 4.78 is 28.0. The fourth-order valence-corrected chi connectivity index (χ4v) is 3.33. The molecule has 5 nitrogen and oxygen atoms in total. The van der Waals surface area contributed by atoms with Gasteiger partial charge in [-0.1, -0.05) is 43.7 Å². The van der Waals surface area contributed by atoms with Gasteiger partial charge in [0, 0.05) is 26.7 Å². The van der Waals surface area contributed by atoms with E-state index in [2.05, 4.69) is 4.98 Å². The fourth-order valence-electron chi connectivity index (χ4n) is 2.24. The molecule has 0 spiro atoms. The Morgan fingerprint density at radius 2 is 1.81 bits per heavy atom. The Hall–Kier alpha value is -1.66. The van der Waals surface area contributed by atoms with Gasteiger partial charge in [-0.25, -0.2) is 17.7 Å². The second-order valence-corrected chi connectivity index (χ2v) is 7.22. The number of benzene rings is 1. The summed E-state index contributed by atoms with van der Waals surface area (Å²) in [6, 6.07) is 9.64. The van der Waals surface area contributed by atoms with Crippen LogP contribution in [0, 0.1) is 0 Å². The number of aromatic nitrogens is 2. The molecule has 0 unspecified atom stereocenters. The molecule has 0 radical (unpaired) electrons. The lowest BCUT2D eigenvalue weighted by molar-refractivity contribution is 0.515. The van der Waals surface area contributed by atoms with E-state index >= 15 is 0 Å². The molecule has 0 saturated carbocycles. The van der Waals surface area contributed by atoms with Crippen molar-refractivity contribution in [2.75, 3.05) is 14.1 Å². The first-order valence-corrected chi connectivity index (χ1v) is 8.37. The predicted molar refractivity (Wildman–Crippen MR) is 83.5 cm³/mol. The number of hydrogen-bond donors (Lipinski definition) is 0. The standard InChI is InChI=1S/C15H21N3O2S/c1-5-9-13-15(21(19,20)17(2)3)16-14(18(13)4)12-10-7-6-8-11-12/h6-8,10-11H,5,9H2,1-4H3. The first-order chi connectivity index (χ1) is 9.89. The normalized spacial score (nSPS) is 12.0. The van der Waals surface area contributed by atoms with E-state index in [0.717, 1.165) is 17.7 Å². The minimum atomic E-state index is -3.54. The molecule has 0 atom stereocenters. The summed E-state index contributed by atoms with van der Waals surface area (Å²) in [5, 5.41) is 0.163. The average molecular weight is 307 g/mol. The number of imidazole rings is 1. The quantitative estimate of drug-likeness (QED) is 0.851. The Bertz CT molecular complexity index is 719. The molecule has 114 valence electrons. The Kier molecular flexibility index (Phi) is 4.49. The maximum Gasteiger partial charge on any atom is 0.261 e. The van der Waals surface area contributed by atoms with Gasteiger partial charge in [0.1, 0.15) is 5.82 Å². The summed E-state index contributed by atoms with van der Waals surface area (Å²) in [5.41, 5.74) is 1.67. The summed E-state index contributed by atoms with van der Waals surface area (Å²) in [5.74, 6) is 0.680. The zero-order valence-electron chi connectivity index (χ0n) is 12.9. The lowest BCUT2D eigenvalue weighted by atomic mass is 10.2. The van der Waals surface area contributed by atoms with Gasteiger partial charge in [0.15, 0.2) is 5.03 Å². The average Bonchev–Trinajstić information content (AvgIpc) is 2.78. The summed E-state index contributed by atoms with van der Waals surface area (Å²) in [7, 11) is 1.39. The molecule has 0 amide bonds. The minimum absolute atomic E-state index is 0.163. The van der Waals surface area contributed by atoms with Crippen LogP contribution in [0.1, 0.15) is 19.0 Å². The zero-order chi connectivity index (χ0) is 15.6. The Balaban J connectivity index is 2.67. The van der Waals surface area contributed by atoms with Gasteiger partial charge in [0.2, 0.25) is 0 Å². The molecular weight excluding hydrogens is 286 g/mol. The van der Waals surface area contributed by atoms with Crippen molar-refractivity contribution in [1.82, 2.24) is 13.9 Å². The van der Waals surface area contributed by atoms with Crippen LogP contribution in [0.25, 0.3) is 11.4 Å². The summed E-state index contributed by atoms with van der Waals surface area (Å²) in [6.45, 7) is 2.03. The predicted octanol–water partition coefficient (Wildman–Crippen LogP) is 2.29. The van der Waals surface area contributed by atoms with Crippen molar-refractivity contribution in [3.63, 3.8) is 0 Å². The molecule has 0 bridgehead atoms. The minimum Gasteiger partial charge on any atom is -0.330 e. The molecule has 0 fully saturated rings. The zero-order valence-corrected chi connectivity index (χ0v) is 13.7. The van der Waals surface area contributed by atoms with Crippen LogP contribution >= 0.6 is 0 Å². The van der Waals surface area contributed by atoms with E-state index in [1.165, 1.54) is 18.4 Å². The number of nitrogens with zero attached hydrogens (tertiary/aromatic N) is 3. The Labute approximate surface area is 126 Å². The first kappa shape index (κ1) is 15.7. The van der Waals surface area contributed by atoms with E-state index in [0.29, 0.717) is 12.2 Å². The second kappa shape index (κ2) is 5.99. The van der Waals surface area contributed by atoms with Gasteiger partial charge >= 0.3 is 0 Å². The van der Waals surface area contributed by atoms with E-state index in [-0.39, 0.29) is 5.03 Å². The van der Waals surface area contributed by atoms with Crippen LogP contribution in [0.5, 0.6) is 0 Å². The SMILES string of the molecule is CCCc1c(S(=O)(=O)N(C)C)nc(-c2ccccc2)n1C. The van der Waals surface area contributed by atoms with E-state index in [1.54, 1.807) is 0 Å². The fraction of sp³-hybridized carbons (Fsp3) is 0.400. The van der Waals surface area contributed by atoms with Crippen molar-refractivity contribution in [3.8, 4) is 11.4 Å². The Morgan fingerprint density at radius 1 is 1.19 bits per heavy atom. The topological polar surface area (TPSA) is 55.2 Å². The summed E-state index contributed by atoms with van der Waals surface area (Å²) >= 11 is 0. The highest BCUT2D eigenvalue weighted by Gasteiger charge is 2.27. The Morgan fingerprint density at radius 3 is 2.33 bits per heavy atom. The van der Waals surface area contributed by atoms with Crippen molar-refractivity contribution in [1.29, 1.82) is 0 Å². The van der Waals surface area contributed by atoms with Crippen molar-refractivity contribution in [2.24, 2.45) is 7.05 Å². The third kappa shape index (κ3) is 2.87. The molecule has 1 aromatic heterocycles. The second-order valence-electron chi connectivity index (χ2n) is 5.15. The highest BCUT2D eigenvalue weighted by atomic mass is 32.2. The molecule has 0 aliphatic heterocycles. The van der Waals surface area contributed by atoms with Gasteiger partial charge in [-0.15, -0.1) is 0 Å². The van der Waals surface area contributed by atoms with Crippen LogP contribution < -0.4 is 0 Å². The van der Waals surface area contributed by atoms with Gasteiger partial charge in [0.25, 0.3) is 10.0 Å². The number of rotatable bonds is 5. The van der Waals surface area contributed by atoms with Crippen molar-refractivity contribution >= 4 is 10.0 Å². The molecule has 1 aromatic carbocycles. The molecular formula is C15H21N3O2S. The van der Waals surface area contributed by atoms with E-state index in [9.17, 15) is 8.42 Å². The molecule has 1 heterocycles. The van der Waals surface area contributed by atoms with Gasteiger partial charge in [0.05, 0.1) is 5.69 Å². The first-order valence-electron chi connectivity index (χ1n) is 6.93. The highest BCUT2D eigenvalue weighted by Crippen LogP contribution is 2.26. The van der Waals surface area contributed by atoms with Gasteiger partial charge in [-0.3, -0.25) is 0 Å². The molecule has 21 heavy (non-hydrogen) atoms. The molecule has 0 aliphatic rings. The van der Waals surface area contributed by atoms with Crippen LogP contribution in [-0.2, 0) is 23.5 Å². The van der Waals surface area contributed by atoms with E-state index in [4.69, 9.17) is 0 Å². The van der Waals surface area contributed by atoms with Gasteiger partial charge < -0.3 is 4.57 Å². The summed E-state index contributed by atoms with van der Waals surface area (Å²) in [4.78, 5) is 4.42.